The van der Waals surface area contributed by atoms with Crippen molar-refractivity contribution in [1.29, 1.82) is 5.26 Å². The number of likely N-dealkylation sites (tertiary alicyclic amines) is 1. The number of nitrogens with zero attached hydrogens (tertiary/aromatic N) is 4. The number of hydrogen-bond acceptors (Lipinski definition) is 5. The molecule has 2 aliphatic rings. The third kappa shape index (κ3) is 5.48. The van der Waals surface area contributed by atoms with Crippen molar-refractivity contribution >= 4 is 12.0 Å². The van der Waals surface area contributed by atoms with Gasteiger partial charge in [0.15, 0.2) is 0 Å². The Kier molecular flexibility index (Phi) is 7.10. The van der Waals surface area contributed by atoms with Crippen molar-refractivity contribution in [2.75, 3.05) is 52.4 Å². The number of esters is 1. The van der Waals surface area contributed by atoms with E-state index in [4.69, 9.17) is 4.74 Å². The molecule has 156 valence electrons. The maximum atomic E-state index is 12.9. The molecule has 0 unspecified atom stereocenters. The SMILES string of the molecule is CCOC(=O)CN1CCN(C(=O)N2CCC(C#N)(Cc3ccccc3)CC2)CC1. The lowest BCUT2D eigenvalue weighted by Crippen LogP contribution is -2.55. The summed E-state index contributed by atoms with van der Waals surface area (Å²) >= 11 is 0. The van der Waals surface area contributed by atoms with Crippen LogP contribution in [0.15, 0.2) is 30.3 Å². The van der Waals surface area contributed by atoms with Crippen LogP contribution in [-0.2, 0) is 16.0 Å². The first kappa shape index (κ1) is 21.1. The lowest BCUT2D eigenvalue weighted by molar-refractivity contribution is -0.144. The molecule has 2 fully saturated rings. The fourth-order valence-corrected chi connectivity index (χ4v) is 4.13. The summed E-state index contributed by atoms with van der Waals surface area (Å²) in [5.74, 6) is -0.213. The van der Waals surface area contributed by atoms with Gasteiger partial charge in [0.1, 0.15) is 0 Å². The van der Waals surface area contributed by atoms with Crippen molar-refractivity contribution < 1.29 is 14.3 Å². The summed E-state index contributed by atoms with van der Waals surface area (Å²) in [5.41, 5.74) is 0.780. The Balaban J connectivity index is 1.48. The summed E-state index contributed by atoms with van der Waals surface area (Å²) in [6, 6.07) is 12.7. The van der Waals surface area contributed by atoms with E-state index in [1.54, 1.807) is 6.92 Å². The van der Waals surface area contributed by atoms with Gasteiger partial charge in [-0.1, -0.05) is 30.3 Å². The monoisotopic (exact) mass is 398 g/mol. The number of urea groups is 1. The largest absolute Gasteiger partial charge is 0.465 e. The molecule has 2 aliphatic heterocycles. The zero-order valence-corrected chi connectivity index (χ0v) is 17.2. The fourth-order valence-electron chi connectivity index (χ4n) is 4.13. The highest BCUT2D eigenvalue weighted by Gasteiger charge is 2.37. The molecule has 0 bridgehead atoms. The van der Waals surface area contributed by atoms with Gasteiger partial charge in [-0.15, -0.1) is 0 Å². The van der Waals surface area contributed by atoms with Crippen molar-refractivity contribution in [3.05, 3.63) is 35.9 Å². The summed E-state index contributed by atoms with van der Waals surface area (Å²) in [6.45, 7) is 6.27. The molecule has 0 aromatic heterocycles. The first-order valence-electron chi connectivity index (χ1n) is 10.4. The number of ether oxygens (including phenoxy) is 1. The zero-order chi connectivity index (χ0) is 20.7. The molecule has 1 aromatic rings. The standard InChI is InChI=1S/C22H30N4O3/c1-2-29-20(27)17-24-12-14-26(15-13-24)21(28)25-10-8-22(18-23,9-11-25)16-19-6-4-3-5-7-19/h3-7H,2,8-17H2,1H3. The van der Waals surface area contributed by atoms with E-state index >= 15 is 0 Å². The van der Waals surface area contributed by atoms with Gasteiger partial charge in [-0.3, -0.25) is 9.69 Å². The first-order chi connectivity index (χ1) is 14.0. The Bertz CT molecular complexity index is 730. The minimum absolute atomic E-state index is 0.0482. The summed E-state index contributed by atoms with van der Waals surface area (Å²) < 4.78 is 4.99. The van der Waals surface area contributed by atoms with Gasteiger partial charge in [-0.05, 0) is 31.7 Å². The van der Waals surface area contributed by atoms with Crippen LogP contribution >= 0.6 is 0 Å². The first-order valence-corrected chi connectivity index (χ1v) is 10.4. The number of rotatable bonds is 5. The highest BCUT2D eigenvalue weighted by atomic mass is 16.5. The van der Waals surface area contributed by atoms with Gasteiger partial charge in [0.2, 0.25) is 0 Å². The zero-order valence-electron chi connectivity index (χ0n) is 17.2. The van der Waals surface area contributed by atoms with Crippen LogP contribution in [0, 0.1) is 16.7 Å². The molecule has 0 aliphatic carbocycles. The molecule has 2 amide bonds. The molecule has 0 N–H and O–H groups in total. The van der Waals surface area contributed by atoms with Crippen LogP contribution in [0.25, 0.3) is 0 Å². The van der Waals surface area contributed by atoms with E-state index in [1.165, 1.54) is 5.56 Å². The lowest BCUT2D eigenvalue weighted by Gasteiger charge is -2.41. The van der Waals surface area contributed by atoms with Crippen LogP contribution in [0.4, 0.5) is 4.79 Å². The maximum absolute atomic E-state index is 12.9. The van der Waals surface area contributed by atoms with Gasteiger partial charge >= 0.3 is 12.0 Å². The predicted octanol–water partition coefficient (Wildman–Crippen LogP) is 2.14. The Hall–Kier alpha value is -2.59. The van der Waals surface area contributed by atoms with E-state index in [-0.39, 0.29) is 18.5 Å². The van der Waals surface area contributed by atoms with E-state index in [1.807, 2.05) is 32.9 Å². The molecule has 7 heteroatoms. The van der Waals surface area contributed by atoms with Crippen LogP contribution in [-0.4, -0.2) is 79.1 Å². The third-order valence-electron chi connectivity index (χ3n) is 5.91. The van der Waals surface area contributed by atoms with Crippen LogP contribution in [0.3, 0.4) is 0 Å². The molecule has 2 heterocycles. The van der Waals surface area contributed by atoms with Crippen molar-refractivity contribution in [1.82, 2.24) is 14.7 Å². The number of piperidine rings is 1. The van der Waals surface area contributed by atoms with Crippen LogP contribution < -0.4 is 0 Å². The van der Waals surface area contributed by atoms with Gasteiger partial charge in [0.05, 0.1) is 24.6 Å². The minimum Gasteiger partial charge on any atom is -0.465 e. The highest BCUT2D eigenvalue weighted by Crippen LogP contribution is 2.34. The molecule has 29 heavy (non-hydrogen) atoms. The number of carbonyl (C=O) groups excluding carboxylic acids is 2. The Morgan fingerprint density at radius 2 is 1.66 bits per heavy atom. The number of benzene rings is 1. The Morgan fingerprint density at radius 3 is 2.24 bits per heavy atom. The van der Waals surface area contributed by atoms with Crippen LogP contribution in [0.2, 0.25) is 0 Å². The second-order valence-electron chi connectivity index (χ2n) is 7.89. The van der Waals surface area contributed by atoms with Gasteiger partial charge in [0.25, 0.3) is 0 Å². The molecule has 1 aromatic carbocycles. The average molecular weight is 399 g/mol. The third-order valence-corrected chi connectivity index (χ3v) is 5.91. The van der Waals surface area contributed by atoms with Crippen LogP contribution in [0.5, 0.6) is 0 Å². The maximum Gasteiger partial charge on any atom is 0.320 e. The number of piperazine rings is 1. The molecular weight excluding hydrogens is 368 g/mol. The molecule has 0 atom stereocenters. The summed E-state index contributed by atoms with van der Waals surface area (Å²) in [6.07, 6.45) is 2.14. The Morgan fingerprint density at radius 1 is 1.03 bits per heavy atom. The van der Waals surface area contributed by atoms with E-state index in [0.29, 0.717) is 58.7 Å². The van der Waals surface area contributed by atoms with E-state index < -0.39 is 5.41 Å². The summed E-state index contributed by atoms with van der Waals surface area (Å²) in [7, 11) is 0. The predicted molar refractivity (Wildman–Crippen MR) is 109 cm³/mol. The quantitative estimate of drug-likeness (QED) is 0.710. The number of carbonyl (C=O) groups is 2. The summed E-state index contributed by atoms with van der Waals surface area (Å²) in [4.78, 5) is 30.3. The second kappa shape index (κ2) is 9.75. The topological polar surface area (TPSA) is 76.9 Å². The summed E-state index contributed by atoms with van der Waals surface area (Å²) in [5, 5.41) is 9.81. The van der Waals surface area contributed by atoms with Crippen molar-refractivity contribution in [3.8, 4) is 6.07 Å². The molecule has 0 radical (unpaired) electrons. The van der Waals surface area contributed by atoms with Crippen LogP contribution in [0.1, 0.15) is 25.3 Å². The molecule has 3 rings (SSSR count). The highest BCUT2D eigenvalue weighted by molar-refractivity contribution is 5.75. The van der Waals surface area contributed by atoms with E-state index in [2.05, 4.69) is 18.2 Å². The lowest BCUT2D eigenvalue weighted by atomic mass is 9.75. The average Bonchev–Trinajstić information content (AvgIpc) is 2.75. The number of nitriles is 1. The molecule has 7 nitrogen and oxygen atoms in total. The van der Waals surface area contributed by atoms with Crippen molar-refractivity contribution in [3.63, 3.8) is 0 Å². The van der Waals surface area contributed by atoms with Gasteiger partial charge in [-0.25, -0.2) is 4.79 Å². The Labute approximate surface area is 172 Å². The number of amides is 2. The van der Waals surface area contributed by atoms with E-state index in [9.17, 15) is 14.9 Å². The van der Waals surface area contributed by atoms with Gasteiger partial charge in [0, 0.05) is 39.3 Å². The molecular formula is C22H30N4O3. The molecule has 2 saturated heterocycles. The normalized spacial score (nSPS) is 19.4. The van der Waals surface area contributed by atoms with Gasteiger partial charge < -0.3 is 14.5 Å². The van der Waals surface area contributed by atoms with Gasteiger partial charge in [-0.2, -0.15) is 5.26 Å². The smallest absolute Gasteiger partial charge is 0.320 e. The van der Waals surface area contributed by atoms with Crippen molar-refractivity contribution in [2.45, 2.75) is 26.2 Å². The second-order valence-corrected chi connectivity index (χ2v) is 7.89. The minimum atomic E-state index is -0.392. The molecule has 0 saturated carbocycles. The van der Waals surface area contributed by atoms with E-state index in [0.717, 1.165) is 6.42 Å². The number of hydrogen-bond donors (Lipinski definition) is 0. The fraction of sp³-hybridized carbons (Fsp3) is 0.591. The van der Waals surface area contributed by atoms with Crippen molar-refractivity contribution in [2.24, 2.45) is 5.41 Å². The molecule has 0 spiro atoms.